The molecule has 0 spiro atoms. The van der Waals surface area contributed by atoms with Crippen molar-refractivity contribution in [1.82, 2.24) is 9.97 Å². The number of thiophene rings is 1. The summed E-state index contributed by atoms with van der Waals surface area (Å²) in [5, 5.41) is 3.92. The Balaban J connectivity index is 2.06. The van der Waals surface area contributed by atoms with E-state index in [1.165, 1.54) is 8.45 Å². The van der Waals surface area contributed by atoms with Crippen LogP contribution in [0.25, 0.3) is 10.2 Å². The minimum absolute atomic E-state index is 0.569. The predicted molar refractivity (Wildman–Crippen MR) is 90.9 cm³/mol. The first-order chi connectivity index (χ1) is 9.65. The van der Waals surface area contributed by atoms with Gasteiger partial charge in [0.2, 0.25) is 11.8 Å². The van der Waals surface area contributed by atoms with Crippen LogP contribution in [0.3, 0.4) is 0 Å². The zero-order valence-electron chi connectivity index (χ0n) is 11.0. The van der Waals surface area contributed by atoms with Gasteiger partial charge in [-0.3, -0.25) is 0 Å². The van der Waals surface area contributed by atoms with Crippen LogP contribution < -0.4 is 10.1 Å². The quantitative estimate of drug-likeness (QED) is 0.664. The standard InChI is InChI=1S/C14H12IN3OS/c1-8-7-11-12(17-14(16-2)18-13(11)20-8)19-10-5-3-9(15)4-6-10/h3-7H,1-2H3,(H,16,17,18). The number of hydrogen-bond acceptors (Lipinski definition) is 5. The van der Waals surface area contributed by atoms with Crippen molar-refractivity contribution < 1.29 is 4.74 Å². The average molecular weight is 397 g/mol. The molecule has 2 heterocycles. The maximum Gasteiger partial charge on any atom is 0.232 e. The third-order valence-electron chi connectivity index (χ3n) is 2.73. The zero-order valence-corrected chi connectivity index (χ0v) is 13.9. The fraction of sp³-hybridized carbons (Fsp3) is 0.143. The van der Waals surface area contributed by atoms with Crippen LogP contribution in [-0.2, 0) is 0 Å². The van der Waals surface area contributed by atoms with E-state index in [0.29, 0.717) is 11.8 Å². The Labute approximate surface area is 134 Å². The Morgan fingerprint density at radius 1 is 1.20 bits per heavy atom. The fourth-order valence-electron chi connectivity index (χ4n) is 1.82. The summed E-state index contributed by atoms with van der Waals surface area (Å²) in [7, 11) is 1.80. The molecule has 4 nitrogen and oxygen atoms in total. The van der Waals surface area contributed by atoms with Crippen molar-refractivity contribution in [3.8, 4) is 11.6 Å². The molecule has 0 fully saturated rings. The topological polar surface area (TPSA) is 47.0 Å². The van der Waals surface area contributed by atoms with Crippen LogP contribution in [0.15, 0.2) is 30.3 Å². The maximum atomic E-state index is 5.91. The average Bonchev–Trinajstić information content (AvgIpc) is 2.81. The SMILES string of the molecule is CNc1nc(Oc2ccc(I)cc2)c2cc(C)sc2n1. The number of nitrogens with zero attached hydrogens (tertiary/aromatic N) is 2. The first-order valence-corrected chi connectivity index (χ1v) is 7.94. The van der Waals surface area contributed by atoms with E-state index in [1.54, 1.807) is 18.4 Å². The normalized spacial score (nSPS) is 10.8. The second-order valence-electron chi connectivity index (χ2n) is 4.23. The minimum atomic E-state index is 0.569. The van der Waals surface area contributed by atoms with E-state index in [4.69, 9.17) is 4.74 Å². The molecule has 0 saturated heterocycles. The summed E-state index contributed by atoms with van der Waals surface area (Å²) in [5.74, 6) is 1.93. The van der Waals surface area contributed by atoms with Gasteiger partial charge in [0.1, 0.15) is 10.6 Å². The molecule has 3 aromatic rings. The summed E-state index contributed by atoms with van der Waals surface area (Å²) in [6, 6.07) is 9.95. The second kappa shape index (κ2) is 5.53. The van der Waals surface area contributed by atoms with Gasteiger partial charge in [-0.1, -0.05) is 0 Å². The summed E-state index contributed by atoms with van der Waals surface area (Å²) in [6.45, 7) is 2.06. The van der Waals surface area contributed by atoms with Gasteiger partial charge in [0.15, 0.2) is 0 Å². The van der Waals surface area contributed by atoms with Gasteiger partial charge in [0.25, 0.3) is 0 Å². The Hall–Kier alpha value is -1.41. The number of anilines is 1. The monoisotopic (exact) mass is 397 g/mol. The van der Waals surface area contributed by atoms with Crippen molar-refractivity contribution in [2.24, 2.45) is 0 Å². The van der Waals surface area contributed by atoms with E-state index in [-0.39, 0.29) is 0 Å². The summed E-state index contributed by atoms with van der Waals surface area (Å²) in [5.41, 5.74) is 0. The molecule has 0 bridgehead atoms. The van der Waals surface area contributed by atoms with Crippen molar-refractivity contribution in [3.05, 3.63) is 38.8 Å². The van der Waals surface area contributed by atoms with E-state index < -0.39 is 0 Å². The molecule has 2 aromatic heterocycles. The molecule has 3 rings (SSSR count). The molecular formula is C14H12IN3OS. The Bertz CT molecular complexity index is 755. The maximum absolute atomic E-state index is 5.91. The lowest BCUT2D eigenvalue weighted by molar-refractivity contribution is 0.469. The van der Waals surface area contributed by atoms with Crippen LogP contribution in [0.5, 0.6) is 11.6 Å². The molecule has 0 aliphatic carbocycles. The predicted octanol–water partition coefficient (Wildman–Crippen LogP) is 4.44. The number of rotatable bonds is 3. The van der Waals surface area contributed by atoms with Gasteiger partial charge in [-0.2, -0.15) is 4.98 Å². The van der Waals surface area contributed by atoms with Gasteiger partial charge in [-0.25, -0.2) is 4.98 Å². The van der Waals surface area contributed by atoms with E-state index in [2.05, 4.69) is 50.9 Å². The van der Waals surface area contributed by atoms with Crippen LogP contribution in [0, 0.1) is 10.5 Å². The molecule has 0 radical (unpaired) electrons. The summed E-state index contributed by atoms with van der Waals surface area (Å²) >= 11 is 3.90. The molecule has 1 N–H and O–H groups in total. The molecule has 6 heteroatoms. The number of benzene rings is 1. The molecule has 0 atom stereocenters. The first kappa shape index (κ1) is 13.6. The molecule has 0 saturated carbocycles. The van der Waals surface area contributed by atoms with Crippen LogP contribution in [0.2, 0.25) is 0 Å². The van der Waals surface area contributed by atoms with Crippen LogP contribution in [-0.4, -0.2) is 17.0 Å². The molecule has 0 aliphatic rings. The van der Waals surface area contributed by atoms with Gasteiger partial charge < -0.3 is 10.1 Å². The van der Waals surface area contributed by atoms with Crippen LogP contribution in [0.4, 0.5) is 5.95 Å². The summed E-state index contributed by atoms with van der Waals surface area (Å²) in [4.78, 5) is 11.0. The van der Waals surface area contributed by atoms with E-state index in [9.17, 15) is 0 Å². The van der Waals surface area contributed by atoms with Gasteiger partial charge in [0, 0.05) is 15.5 Å². The number of halogens is 1. The number of aryl methyl sites for hydroxylation is 1. The minimum Gasteiger partial charge on any atom is -0.438 e. The van der Waals surface area contributed by atoms with Crippen LogP contribution >= 0.6 is 33.9 Å². The molecule has 0 aliphatic heterocycles. The number of ether oxygens (including phenoxy) is 1. The number of aromatic nitrogens is 2. The van der Waals surface area contributed by atoms with Crippen molar-refractivity contribution in [1.29, 1.82) is 0 Å². The van der Waals surface area contributed by atoms with Gasteiger partial charge in [0.05, 0.1) is 5.39 Å². The highest BCUT2D eigenvalue weighted by atomic mass is 127. The third kappa shape index (κ3) is 2.71. The summed E-state index contributed by atoms with van der Waals surface area (Å²) < 4.78 is 7.09. The van der Waals surface area contributed by atoms with Crippen molar-refractivity contribution >= 4 is 50.1 Å². The fourth-order valence-corrected chi connectivity index (χ4v) is 3.05. The van der Waals surface area contributed by atoms with E-state index in [1.807, 2.05) is 24.3 Å². The Kier molecular flexibility index (Phi) is 3.75. The molecule has 1 aromatic carbocycles. The Morgan fingerprint density at radius 3 is 2.65 bits per heavy atom. The number of nitrogens with one attached hydrogen (secondary N) is 1. The largest absolute Gasteiger partial charge is 0.438 e. The molecule has 0 amide bonds. The molecular weight excluding hydrogens is 385 g/mol. The van der Waals surface area contributed by atoms with Crippen LogP contribution in [0.1, 0.15) is 4.88 Å². The highest BCUT2D eigenvalue weighted by Gasteiger charge is 2.12. The highest BCUT2D eigenvalue weighted by molar-refractivity contribution is 14.1. The third-order valence-corrected chi connectivity index (χ3v) is 4.40. The van der Waals surface area contributed by atoms with Gasteiger partial charge in [-0.05, 0) is 59.8 Å². The molecule has 0 unspecified atom stereocenters. The van der Waals surface area contributed by atoms with E-state index in [0.717, 1.165) is 16.0 Å². The zero-order chi connectivity index (χ0) is 14.1. The lowest BCUT2D eigenvalue weighted by atomic mass is 10.3. The first-order valence-electron chi connectivity index (χ1n) is 6.05. The van der Waals surface area contributed by atoms with Crippen molar-refractivity contribution in [2.75, 3.05) is 12.4 Å². The molecule has 20 heavy (non-hydrogen) atoms. The second-order valence-corrected chi connectivity index (χ2v) is 6.71. The van der Waals surface area contributed by atoms with Crippen molar-refractivity contribution in [2.45, 2.75) is 6.92 Å². The van der Waals surface area contributed by atoms with Gasteiger partial charge >= 0.3 is 0 Å². The van der Waals surface area contributed by atoms with Gasteiger partial charge in [-0.15, -0.1) is 11.3 Å². The summed E-state index contributed by atoms with van der Waals surface area (Å²) in [6.07, 6.45) is 0. The van der Waals surface area contributed by atoms with Crippen molar-refractivity contribution in [3.63, 3.8) is 0 Å². The smallest absolute Gasteiger partial charge is 0.232 e. The highest BCUT2D eigenvalue weighted by Crippen LogP contribution is 2.33. The number of fused-ring (bicyclic) bond motifs is 1. The van der Waals surface area contributed by atoms with E-state index >= 15 is 0 Å². The Morgan fingerprint density at radius 2 is 1.95 bits per heavy atom. The molecule has 102 valence electrons. The lowest BCUT2D eigenvalue weighted by Gasteiger charge is -2.07. The number of hydrogen-bond donors (Lipinski definition) is 1. The lowest BCUT2D eigenvalue weighted by Crippen LogP contribution is -1.98.